The molecule has 0 aromatic carbocycles. The lowest BCUT2D eigenvalue weighted by Gasteiger charge is -2.48. The van der Waals surface area contributed by atoms with Crippen LogP contribution >= 0.6 is 0 Å². The van der Waals surface area contributed by atoms with Crippen LogP contribution in [-0.4, -0.2) is 11.5 Å². The molecule has 0 amide bonds. The van der Waals surface area contributed by atoms with Crippen LogP contribution in [0.2, 0.25) is 0 Å². The number of allylic oxidation sites excluding steroid dienone is 2. The highest BCUT2D eigenvalue weighted by Gasteiger charge is 2.57. The summed E-state index contributed by atoms with van der Waals surface area (Å²) in [4.78, 5) is 10.4. The average molecular weight is 220 g/mol. The third-order valence-corrected chi connectivity index (χ3v) is 4.15. The van der Waals surface area contributed by atoms with Gasteiger partial charge in [0, 0.05) is 11.3 Å². The number of rotatable bonds is 4. The summed E-state index contributed by atoms with van der Waals surface area (Å²) < 4.78 is 0. The fourth-order valence-corrected chi connectivity index (χ4v) is 3.39. The van der Waals surface area contributed by atoms with E-state index in [-0.39, 0.29) is 22.8 Å². The summed E-state index contributed by atoms with van der Waals surface area (Å²) >= 11 is 0. The molecule has 2 aliphatic carbocycles. The van der Waals surface area contributed by atoms with Crippen LogP contribution in [0.15, 0.2) is 11.6 Å². The van der Waals surface area contributed by atoms with E-state index in [2.05, 4.69) is 19.1 Å². The molecule has 4 heteroatoms. The molecule has 0 aromatic rings. The molecule has 1 unspecified atom stereocenters. The summed E-state index contributed by atoms with van der Waals surface area (Å²) in [7, 11) is 0. The minimum atomic E-state index is -0.361. The second-order valence-corrected chi connectivity index (χ2v) is 5.06. The Morgan fingerprint density at radius 1 is 1.75 bits per heavy atom. The smallest absolute Gasteiger partial charge is 0.211 e. The third kappa shape index (κ3) is 1.60. The molecule has 0 aliphatic heterocycles. The van der Waals surface area contributed by atoms with Crippen LogP contribution in [0.1, 0.15) is 32.6 Å². The Labute approximate surface area is 95.1 Å². The number of hydrogen-bond donors (Lipinski definition) is 0. The highest BCUT2D eigenvalue weighted by molar-refractivity contribution is 5.24. The number of nitro groups is 1. The van der Waals surface area contributed by atoms with Gasteiger partial charge in [-0.25, -0.2) is 0 Å². The van der Waals surface area contributed by atoms with E-state index in [1.807, 2.05) is 0 Å². The zero-order chi connectivity index (χ0) is 11.8. The van der Waals surface area contributed by atoms with Crippen LogP contribution in [0.5, 0.6) is 0 Å². The first-order chi connectivity index (χ1) is 7.61. The number of fused-ring (bicyclic) bond motifs is 1. The summed E-state index contributed by atoms with van der Waals surface area (Å²) in [6.07, 6.45) is 5.50. The van der Waals surface area contributed by atoms with Gasteiger partial charge < -0.3 is 0 Å². The molecule has 2 aliphatic rings. The van der Waals surface area contributed by atoms with E-state index in [1.54, 1.807) is 0 Å². The van der Waals surface area contributed by atoms with Crippen molar-refractivity contribution in [1.29, 1.82) is 5.26 Å². The molecule has 3 atom stereocenters. The monoisotopic (exact) mass is 220 g/mol. The van der Waals surface area contributed by atoms with Crippen molar-refractivity contribution >= 4 is 0 Å². The van der Waals surface area contributed by atoms with Crippen molar-refractivity contribution in [3.63, 3.8) is 0 Å². The number of nitrogens with zero attached hydrogens (tertiary/aromatic N) is 2. The van der Waals surface area contributed by atoms with Crippen molar-refractivity contribution in [3.8, 4) is 6.07 Å². The van der Waals surface area contributed by atoms with E-state index >= 15 is 0 Å². The van der Waals surface area contributed by atoms with E-state index in [9.17, 15) is 10.1 Å². The Balaban J connectivity index is 2.15. The predicted molar refractivity (Wildman–Crippen MR) is 59.1 cm³/mol. The van der Waals surface area contributed by atoms with Crippen LogP contribution in [0.4, 0.5) is 0 Å². The van der Waals surface area contributed by atoms with Gasteiger partial charge in [0.15, 0.2) is 0 Å². The number of hydrogen-bond acceptors (Lipinski definition) is 3. The highest BCUT2D eigenvalue weighted by Crippen LogP contribution is 2.59. The molecule has 1 fully saturated rings. The molecule has 1 saturated carbocycles. The van der Waals surface area contributed by atoms with Crippen molar-refractivity contribution in [2.75, 3.05) is 6.54 Å². The van der Waals surface area contributed by atoms with E-state index in [0.717, 1.165) is 19.3 Å². The van der Waals surface area contributed by atoms with Gasteiger partial charge in [-0.15, -0.1) is 0 Å². The van der Waals surface area contributed by atoms with Crippen LogP contribution < -0.4 is 0 Å². The first kappa shape index (κ1) is 11.1. The van der Waals surface area contributed by atoms with Gasteiger partial charge in [-0.1, -0.05) is 18.6 Å². The molecule has 4 nitrogen and oxygen atoms in total. The second kappa shape index (κ2) is 3.89. The Kier molecular flexibility index (Phi) is 2.71. The lowest BCUT2D eigenvalue weighted by Crippen LogP contribution is -2.49. The molecule has 0 aromatic heterocycles. The van der Waals surface area contributed by atoms with Crippen LogP contribution in [0, 0.1) is 38.7 Å². The Morgan fingerprint density at radius 3 is 3.06 bits per heavy atom. The third-order valence-electron chi connectivity index (χ3n) is 4.15. The van der Waals surface area contributed by atoms with Crippen molar-refractivity contribution < 1.29 is 4.92 Å². The van der Waals surface area contributed by atoms with Crippen molar-refractivity contribution in [2.24, 2.45) is 17.3 Å². The quantitative estimate of drug-likeness (QED) is 0.415. The van der Waals surface area contributed by atoms with Crippen LogP contribution in [-0.2, 0) is 0 Å². The molecule has 0 N–H and O–H groups in total. The number of nitriles is 1. The van der Waals surface area contributed by atoms with Gasteiger partial charge in [0.25, 0.3) is 0 Å². The van der Waals surface area contributed by atoms with Gasteiger partial charge in [0.1, 0.15) is 0 Å². The molecule has 16 heavy (non-hydrogen) atoms. The maximum Gasteiger partial charge on any atom is 0.211 e. The van der Waals surface area contributed by atoms with E-state index in [1.165, 1.54) is 5.57 Å². The average Bonchev–Trinajstić information content (AvgIpc) is 2.55. The van der Waals surface area contributed by atoms with Crippen molar-refractivity contribution in [2.45, 2.75) is 32.6 Å². The molecule has 0 radical (unpaired) electrons. The Hall–Kier alpha value is -1.37. The first-order valence-electron chi connectivity index (χ1n) is 5.79. The zero-order valence-electron chi connectivity index (χ0n) is 9.48. The highest BCUT2D eigenvalue weighted by atomic mass is 16.6. The SMILES string of the molecule is CCC1=C[C@@H]2[C@H](C1)CC2(CC#N)C[N+](=O)[O-]. The minimum Gasteiger partial charge on any atom is -0.265 e. The lowest BCUT2D eigenvalue weighted by molar-refractivity contribution is -0.505. The molecule has 2 rings (SSSR count). The topological polar surface area (TPSA) is 66.9 Å². The summed E-state index contributed by atoms with van der Waals surface area (Å²) in [5, 5.41) is 19.5. The second-order valence-electron chi connectivity index (χ2n) is 5.06. The van der Waals surface area contributed by atoms with E-state index in [0.29, 0.717) is 12.3 Å². The van der Waals surface area contributed by atoms with Crippen LogP contribution in [0.3, 0.4) is 0 Å². The maximum atomic E-state index is 10.7. The zero-order valence-corrected chi connectivity index (χ0v) is 9.48. The standard InChI is InChI=1S/C12H16N2O2/c1-2-9-5-10-7-12(3-4-13,8-14(15)16)11(10)6-9/h6,10-11H,2-3,5,7-8H2,1H3/t10-,11-,12?/m1/s1. The van der Waals surface area contributed by atoms with E-state index < -0.39 is 0 Å². The Morgan fingerprint density at radius 2 is 2.50 bits per heavy atom. The van der Waals surface area contributed by atoms with Gasteiger partial charge in [-0.05, 0) is 31.1 Å². The normalized spacial score (nSPS) is 35.9. The van der Waals surface area contributed by atoms with Gasteiger partial charge in [0.05, 0.1) is 11.5 Å². The van der Waals surface area contributed by atoms with Gasteiger partial charge >= 0.3 is 0 Å². The fourth-order valence-electron chi connectivity index (χ4n) is 3.39. The minimum absolute atomic E-state index is 0.0464. The Bertz CT molecular complexity index is 383. The molecule has 0 spiro atoms. The van der Waals surface area contributed by atoms with Gasteiger partial charge in [-0.3, -0.25) is 10.1 Å². The van der Waals surface area contributed by atoms with Crippen molar-refractivity contribution in [1.82, 2.24) is 0 Å². The lowest BCUT2D eigenvalue weighted by atomic mass is 9.53. The van der Waals surface area contributed by atoms with Crippen LogP contribution in [0.25, 0.3) is 0 Å². The predicted octanol–water partition coefficient (Wildman–Crippen LogP) is 2.54. The molecule has 86 valence electrons. The van der Waals surface area contributed by atoms with Gasteiger partial charge in [-0.2, -0.15) is 5.26 Å². The van der Waals surface area contributed by atoms with Crippen molar-refractivity contribution in [3.05, 3.63) is 21.8 Å². The molecule has 0 heterocycles. The molecular formula is C12H16N2O2. The first-order valence-corrected chi connectivity index (χ1v) is 5.79. The van der Waals surface area contributed by atoms with Gasteiger partial charge in [0.2, 0.25) is 6.54 Å². The summed E-state index contributed by atoms with van der Waals surface area (Å²) in [5.41, 5.74) is 1.05. The molecular weight excluding hydrogens is 204 g/mol. The summed E-state index contributed by atoms with van der Waals surface area (Å²) in [6, 6.07) is 2.13. The molecule has 0 saturated heterocycles. The molecule has 0 bridgehead atoms. The summed E-state index contributed by atoms with van der Waals surface area (Å²) in [6.45, 7) is 2.07. The largest absolute Gasteiger partial charge is 0.265 e. The summed E-state index contributed by atoms with van der Waals surface area (Å²) in [5.74, 6) is 0.857. The maximum absolute atomic E-state index is 10.7. The fraction of sp³-hybridized carbons (Fsp3) is 0.750. The van der Waals surface area contributed by atoms with E-state index in [4.69, 9.17) is 5.26 Å².